The normalized spacial score (nSPS) is 17.8. The second kappa shape index (κ2) is 17.8. The first-order chi connectivity index (χ1) is 23.0. The molecule has 3 aromatic carbocycles. The van der Waals surface area contributed by atoms with Crippen LogP contribution in [0.5, 0.6) is 0 Å². The molecule has 0 aliphatic carbocycles. The van der Waals surface area contributed by atoms with Gasteiger partial charge in [-0.3, -0.25) is 14.4 Å². The van der Waals surface area contributed by atoms with Gasteiger partial charge < -0.3 is 25.4 Å². The number of nitrogens with zero attached hydrogens (tertiary/aromatic N) is 1. The predicted molar refractivity (Wildman–Crippen MR) is 189 cm³/mol. The predicted octanol–water partition coefficient (Wildman–Crippen LogP) is 5.70. The lowest BCUT2D eigenvalue weighted by Crippen LogP contribution is -2.57. The summed E-state index contributed by atoms with van der Waals surface area (Å²) in [6.07, 6.45) is 6.78. The van der Waals surface area contributed by atoms with Gasteiger partial charge in [0.15, 0.2) is 0 Å². The molecule has 1 aliphatic heterocycles. The van der Waals surface area contributed by atoms with E-state index in [1.165, 1.54) is 0 Å². The first-order valence-electron chi connectivity index (χ1n) is 17.0. The zero-order valence-electron chi connectivity index (χ0n) is 28.8. The van der Waals surface area contributed by atoms with E-state index in [9.17, 15) is 14.4 Å². The summed E-state index contributed by atoms with van der Waals surface area (Å²) < 4.78 is 12.0. The van der Waals surface area contributed by atoms with Crippen LogP contribution in [-0.2, 0) is 43.3 Å². The van der Waals surface area contributed by atoms with Crippen LogP contribution in [-0.4, -0.2) is 60.1 Å². The van der Waals surface area contributed by atoms with Crippen LogP contribution in [0.1, 0.15) is 62.3 Å². The number of likely N-dealkylation sites (tertiary alicyclic amines) is 1. The Labute approximate surface area is 285 Å². The highest BCUT2D eigenvalue weighted by Crippen LogP contribution is 2.29. The molecule has 1 heterocycles. The molecule has 8 heteroatoms. The third-order valence-corrected chi connectivity index (χ3v) is 8.82. The van der Waals surface area contributed by atoms with Crippen molar-refractivity contribution in [1.29, 1.82) is 0 Å². The molecule has 1 saturated heterocycles. The Bertz CT molecular complexity index is 1510. The summed E-state index contributed by atoms with van der Waals surface area (Å²) in [4.78, 5) is 41.5. The minimum absolute atomic E-state index is 0.181. The van der Waals surface area contributed by atoms with Crippen LogP contribution in [0.25, 0.3) is 0 Å². The standard InChI is InChI=1S/C40H51N3O5/c1-29-13-11-18-34(25-29)26-40(4,28-48-36(44)21-20-32-14-7-5-8-15-32)23-22-35-19-12-24-43(35)39(46)37(42-38(45)30(2)41)31(3)47-27-33-16-9-6-10-17-33/h5-11,13-18,22-23,25,30-31,35,37H,12,19-21,24,26-28,41H2,1-4H3,(H,42,45)/b23-22+/t30?,31?,35?,37?,40-/m0/s1. The highest BCUT2D eigenvalue weighted by molar-refractivity contribution is 5.90. The lowest BCUT2D eigenvalue weighted by molar-refractivity contribution is -0.146. The summed E-state index contributed by atoms with van der Waals surface area (Å²) in [5.41, 5.74) is 9.74. The third kappa shape index (κ3) is 11.2. The second-order valence-corrected chi connectivity index (χ2v) is 13.3. The number of hydrogen-bond acceptors (Lipinski definition) is 6. The molecule has 0 aromatic heterocycles. The Hall–Kier alpha value is -4.27. The van der Waals surface area contributed by atoms with Gasteiger partial charge in [-0.05, 0) is 63.1 Å². The summed E-state index contributed by atoms with van der Waals surface area (Å²) in [6.45, 7) is 8.63. The van der Waals surface area contributed by atoms with E-state index in [2.05, 4.69) is 49.5 Å². The van der Waals surface area contributed by atoms with Gasteiger partial charge in [0.1, 0.15) is 12.6 Å². The molecule has 3 aromatic rings. The van der Waals surface area contributed by atoms with Gasteiger partial charge in [0, 0.05) is 18.4 Å². The molecular formula is C40H51N3O5. The fraction of sp³-hybridized carbons (Fsp3) is 0.425. The van der Waals surface area contributed by atoms with Gasteiger partial charge in [0.2, 0.25) is 11.8 Å². The van der Waals surface area contributed by atoms with Gasteiger partial charge in [0.25, 0.3) is 0 Å². The smallest absolute Gasteiger partial charge is 0.306 e. The summed E-state index contributed by atoms with van der Waals surface area (Å²) in [7, 11) is 0. The van der Waals surface area contributed by atoms with Gasteiger partial charge in [0.05, 0.1) is 24.8 Å². The van der Waals surface area contributed by atoms with Crippen molar-refractivity contribution in [3.05, 3.63) is 119 Å². The van der Waals surface area contributed by atoms with E-state index < -0.39 is 29.5 Å². The number of nitrogens with one attached hydrogen (secondary N) is 1. The van der Waals surface area contributed by atoms with Crippen LogP contribution >= 0.6 is 0 Å². The van der Waals surface area contributed by atoms with Gasteiger partial charge in [-0.2, -0.15) is 0 Å². The van der Waals surface area contributed by atoms with Gasteiger partial charge in [-0.15, -0.1) is 0 Å². The number of carbonyl (C=O) groups is 3. The molecular weight excluding hydrogens is 602 g/mol. The molecule has 0 spiro atoms. The number of ether oxygens (including phenoxy) is 2. The van der Waals surface area contributed by atoms with Crippen LogP contribution in [0.2, 0.25) is 0 Å². The molecule has 256 valence electrons. The van der Waals surface area contributed by atoms with E-state index in [4.69, 9.17) is 15.2 Å². The molecule has 2 amide bonds. The Morgan fingerprint density at radius 2 is 1.65 bits per heavy atom. The number of hydrogen-bond donors (Lipinski definition) is 2. The van der Waals surface area contributed by atoms with Crippen molar-refractivity contribution in [3.8, 4) is 0 Å². The van der Waals surface area contributed by atoms with Crippen molar-refractivity contribution in [2.45, 2.75) is 90.6 Å². The van der Waals surface area contributed by atoms with E-state index in [-0.39, 0.29) is 24.5 Å². The van der Waals surface area contributed by atoms with Crippen LogP contribution in [0.4, 0.5) is 0 Å². The summed E-state index contributed by atoms with van der Waals surface area (Å²) in [5, 5.41) is 2.85. The minimum Gasteiger partial charge on any atom is -0.465 e. The minimum atomic E-state index is -0.898. The number of carbonyl (C=O) groups excluding carboxylic acids is 3. The van der Waals surface area contributed by atoms with Crippen LogP contribution < -0.4 is 11.1 Å². The first-order valence-corrected chi connectivity index (χ1v) is 17.0. The van der Waals surface area contributed by atoms with Gasteiger partial charge >= 0.3 is 5.97 Å². The van der Waals surface area contributed by atoms with Crippen molar-refractivity contribution in [2.24, 2.45) is 11.1 Å². The molecule has 3 N–H and O–H groups in total. The first kappa shape index (κ1) is 36.6. The molecule has 5 atom stereocenters. The zero-order valence-corrected chi connectivity index (χ0v) is 28.8. The molecule has 1 fully saturated rings. The number of benzene rings is 3. The highest BCUT2D eigenvalue weighted by Gasteiger charge is 2.37. The van der Waals surface area contributed by atoms with Crippen molar-refractivity contribution >= 4 is 17.8 Å². The van der Waals surface area contributed by atoms with E-state index in [1.807, 2.05) is 71.6 Å². The van der Waals surface area contributed by atoms with Crippen molar-refractivity contribution in [1.82, 2.24) is 10.2 Å². The zero-order chi connectivity index (χ0) is 34.5. The molecule has 8 nitrogen and oxygen atoms in total. The van der Waals surface area contributed by atoms with Crippen molar-refractivity contribution in [3.63, 3.8) is 0 Å². The number of nitrogens with two attached hydrogens (primary N) is 1. The molecule has 0 radical (unpaired) electrons. The van der Waals surface area contributed by atoms with E-state index in [0.717, 1.165) is 35.1 Å². The number of rotatable bonds is 16. The Kier molecular flexibility index (Phi) is 13.5. The van der Waals surface area contributed by atoms with Gasteiger partial charge in [-0.25, -0.2) is 0 Å². The molecule has 0 bridgehead atoms. The molecule has 1 aliphatic rings. The quantitative estimate of drug-likeness (QED) is 0.152. The fourth-order valence-corrected chi connectivity index (χ4v) is 6.01. The number of amides is 2. The highest BCUT2D eigenvalue weighted by atomic mass is 16.5. The molecule has 0 saturated carbocycles. The average Bonchev–Trinajstić information content (AvgIpc) is 3.56. The lowest BCUT2D eigenvalue weighted by atomic mass is 9.83. The third-order valence-electron chi connectivity index (χ3n) is 8.82. The summed E-state index contributed by atoms with van der Waals surface area (Å²) >= 11 is 0. The monoisotopic (exact) mass is 653 g/mol. The Morgan fingerprint density at radius 3 is 2.31 bits per heavy atom. The van der Waals surface area contributed by atoms with Crippen molar-refractivity contribution in [2.75, 3.05) is 13.2 Å². The van der Waals surface area contributed by atoms with E-state index in [0.29, 0.717) is 32.4 Å². The second-order valence-electron chi connectivity index (χ2n) is 13.3. The van der Waals surface area contributed by atoms with E-state index >= 15 is 0 Å². The summed E-state index contributed by atoms with van der Waals surface area (Å²) in [6, 6.07) is 26.1. The fourth-order valence-electron chi connectivity index (χ4n) is 6.01. The van der Waals surface area contributed by atoms with Crippen LogP contribution in [0, 0.1) is 12.3 Å². The number of esters is 1. The number of aryl methyl sites for hydroxylation is 2. The summed E-state index contributed by atoms with van der Waals surface area (Å²) in [5.74, 6) is -0.850. The Morgan fingerprint density at radius 1 is 0.979 bits per heavy atom. The van der Waals surface area contributed by atoms with E-state index in [1.54, 1.807) is 13.8 Å². The van der Waals surface area contributed by atoms with Gasteiger partial charge in [-0.1, -0.05) is 110 Å². The molecule has 4 unspecified atom stereocenters. The maximum absolute atomic E-state index is 14.1. The van der Waals surface area contributed by atoms with Crippen LogP contribution in [0.3, 0.4) is 0 Å². The van der Waals surface area contributed by atoms with Crippen LogP contribution in [0.15, 0.2) is 97.1 Å². The maximum atomic E-state index is 14.1. The van der Waals surface area contributed by atoms with Crippen molar-refractivity contribution < 1.29 is 23.9 Å². The Balaban J connectivity index is 1.48. The molecule has 48 heavy (non-hydrogen) atoms. The average molecular weight is 654 g/mol. The largest absolute Gasteiger partial charge is 0.465 e. The SMILES string of the molecule is Cc1cccc(C[C@](C)(/C=C/C2CCCN2C(=O)C(NC(=O)C(C)N)C(C)OCc2ccccc2)COC(=O)CCc2ccccc2)c1. The maximum Gasteiger partial charge on any atom is 0.306 e. The lowest BCUT2D eigenvalue weighted by Gasteiger charge is -2.32. The molecule has 4 rings (SSSR count). The topological polar surface area (TPSA) is 111 Å².